The normalized spacial score (nSPS) is 14.3. The average Bonchev–Trinajstić information content (AvgIpc) is 2.79. The smallest absolute Gasteiger partial charge is 0.337 e. The molecule has 0 aromatic heterocycles. The first-order valence-corrected chi connectivity index (χ1v) is 11.6. The molecular formula is C30H33NO4. The lowest BCUT2D eigenvalue weighted by Gasteiger charge is -2.27. The lowest BCUT2D eigenvalue weighted by atomic mass is 9.93. The third kappa shape index (κ3) is 6.12. The average molecular weight is 472 g/mol. The fourth-order valence-electron chi connectivity index (χ4n) is 3.94. The number of para-hydroxylation sites is 1. The standard InChI is InChI=1S/C30H33NO4/c1-8-23(14-13-21(6)34-18(2)3)28-17-20(5)25-15-19(4)16-26(29(25)35-28)22(7)31-27-12-10-9-11-24(27)30(32)33/h8-18,22,31H,5-6H2,1-4,7H3,(H,32,33)/b14-13-,23-8+. The van der Waals surface area contributed by atoms with Crippen molar-refractivity contribution in [1.29, 1.82) is 0 Å². The van der Waals surface area contributed by atoms with Crippen molar-refractivity contribution in [1.82, 2.24) is 0 Å². The summed E-state index contributed by atoms with van der Waals surface area (Å²) in [5, 5.41) is 12.9. The van der Waals surface area contributed by atoms with Gasteiger partial charge in [-0.25, -0.2) is 4.79 Å². The number of anilines is 1. The molecule has 0 bridgehead atoms. The van der Waals surface area contributed by atoms with Gasteiger partial charge in [0, 0.05) is 22.4 Å². The first-order chi connectivity index (χ1) is 16.6. The Labute approximate surface area is 207 Å². The highest BCUT2D eigenvalue weighted by Crippen LogP contribution is 2.41. The number of fused-ring (bicyclic) bond motifs is 1. The Hall–Kier alpha value is -3.99. The molecule has 0 spiro atoms. The maximum Gasteiger partial charge on any atom is 0.337 e. The van der Waals surface area contributed by atoms with E-state index < -0.39 is 5.97 Å². The van der Waals surface area contributed by atoms with Gasteiger partial charge in [-0.15, -0.1) is 0 Å². The second-order valence-electron chi connectivity index (χ2n) is 8.79. The lowest BCUT2D eigenvalue weighted by molar-refractivity contribution is 0.0698. The van der Waals surface area contributed by atoms with Crippen LogP contribution < -0.4 is 10.1 Å². The zero-order valence-corrected chi connectivity index (χ0v) is 21.0. The van der Waals surface area contributed by atoms with Crippen LogP contribution >= 0.6 is 0 Å². The van der Waals surface area contributed by atoms with Crippen LogP contribution in [0.5, 0.6) is 5.75 Å². The molecule has 1 aliphatic heterocycles. The summed E-state index contributed by atoms with van der Waals surface area (Å²) in [6, 6.07) is 10.8. The van der Waals surface area contributed by atoms with Crippen LogP contribution in [0.4, 0.5) is 5.69 Å². The fraction of sp³-hybridized carbons (Fsp3) is 0.233. The van der Waals surface area contributed by atoms with Crippen LogP contribution in [0, 0.1) is 6.92 Å². The number of benzene rings is 2. The minimum atomic E-state index is -0.978. The number of carboxylic acids is 1. The van der Waals surface area contributed by atoms with E-state index in [2.05, 4.69) is 30.6 Å². The predicted molar refractivity (Wildman–Crippen MR) is 143 cm³/mol. The highest BCUT2D eigenvalue weighted by Gasteiger charge is 2.24. The van der Waals surface area contributed by atoms with E-state index in [4.69, 9.17) is 9.47 Å². The summed E-state index contributed by atoms with van der Waals surface area (Å²) in [5.74, 6) is 0.966. The largest absolute Gasteiger partial charge is 0.492 e. The van der Waals surface area contributed by atoms with Gasteiger partial charge < -0.3 is 19.9 Å². The second kappa shape index (κ2) is 11.0. The van der Waals surface area contributed by atoms with Crippen molar-refractivity contribution >= 4 is 17.2 Å². The Morgan fingerprint density at radius 1 is 1.17 bits per heavy atom. The molecule has 0 radical (unpaired) electrons. The van der Waals surface area contributed by atoms with Crippen molar-refractivity contribution in [3.8, 4) is 5.75 Å². The molecule has 5 heteroatoms. The lowest BCUT2D eigenvalue weighted by Crippen LogP contribution is -2.15. The van der Waals surface area contributed by atoms with Crippen LogP contribution in [0.2, 0.25) is 0 Å². The number of nitrogens with one attached hydrogen (secondary N) is 1. The van der Waals surface area contributed by atoms with Crippen molar-refractivity contribution < 1.29 is 19.4 Å². The van der Waals surface area contributed by atoms with E-state index in [-0.39, 0.29) is 17.7 Å². The molecule has 2 N–H and O–H groups in total. The number of hydrogen-bond donors (Lipinski definition) is 2. The summed E-state index contributed by atoms with van der Waals surface area (Å²) in [5.41, 5.74) is 5.37. The minimum Gasteiger partial charge on any atom is -0.492 e. The van der Waals surface area contributed by atoms with E-state index in [1.807, 2.05) is 65.0 Å². The summed E-state index contributed by atoms with van der Waals surface area (Å²) < 4.78 is 12.1. The Bertz CT molecular complexity index is 1250. The van der Waals surface area contributed by atoms with E-state index >= 15 is 0 Å². The van der Waals surface area contributed by atoms with Crippen LogP contribution in [-0.2, 0) is 4.74 Å². The van der Waals surface area contributed by atoms with Gasteiger partial charge in [-0.1, -0.05) is 37.4 Å². The van der Waals surface area contributed by atoms with Crippen molar-refractivity contribution in [2.45, 2.75) is 46.8 Å². The summed E-state index contributed by atoms with van der Waals surface area (Å²) in [6.07, 6.45) is 7.66. The van der Waals surface area contributed by atoms with Gasteiger partial charge in [0.05, 0.1) is 17.7 Å². The fourth-order valence-corrected chi connectivity index (χ4v) is 3.94. The van der Waals surface area contributed by atoms with Gasteiger partial charge in [0.1, 0.15) is 17.3 Å². The third-order valence-electron chi connectivity index (χ3n) is 5.55. The van der Waals surface area contributed by atoms with Crippen molar-refractivity contribution in [3.63, 3.8) is 0 Å². The van der Waals surface area contributed by atoms with Gasteiger partial charge in [-0.05, 0) is 82.2 Å². The summed E-state index contributed by atoms with van der Waals surface area (Å²) >= 11 is 0. The van der Waals surface area contributed by atoms with E-state index in [9.17, 15) is 9.90 Å². The van der Waals surface area contributed by atoms with Gasteiger partial charge in [-0.2, -0.15) is 0 Å². The number of carboxylic acid groups (broad SMARTS) is 1. The Morgan fingerprint density at radius 3 is 2.54 bits per heavy atom. The first kappa shape index (κ1) is 25.6. The molecular weight excluding hydrogens is 438 g/mol. The molecule has 1 atom stereocenters. The molecule has 1 aliphatic rings. The molecule has 0 amide bonds. The van der Waals surface area contributed by atoms with E-state index in [0.29, 0.717) is 23.0 Å². The van der Waals surface area contributed by atoms with Gasteiger partial charge in [0.2, 0.25) is 0 Å². The molecule has 1 heterocycles. The molecule has 0 saturated carbocycles. The van der Waals surface area contributed by atoms with Crippen LogP contribution in [0.25, 0.3) is 5.57 Å². The molecule has 0 aliphatic carbocycles. The molecule has 1 unspecified atom stereocenters. The number of allylic oxidation sites excluding steroid dienone is 5. The number of aromatic carboxylic acids is 1. The van der Waals surface area contributed by atoms with E-state index in [1.165, 1.54) is 0 Å². The van der Waals surface area contributed by atoms with E-state index in [1.54, 1.807) is 18.2 Å². The minimum absolute atomic E-state index is 0.0454. The molecule has 0 fully saturated rings. The van der Waals surface area contributed by atoms with Gasteiger partial charge in [0.25, 0.3) is 0 Å². The Morgan fingerprint density at radius 2 is 1.89 bits per heavy atom. The number of carbonyl (C=O) groups is 1. The number of ether oxygens (including phenoxy) is 2. The zero-order chi connectivity index (χ0) is 25.7. The zero-order valence-electron chi connectivity index (χ0n) is 21.0. The maximum absolute atomic E-state index is 11.7. The van der Waals surface area contributed by atoms with Crippen LogP contribution in [0.3, 0.4) is 0 Å². The molecule has 3 rings (SSSR count). The van der Waals surface area contributed by atoms with Crippen LogP contribution in [0.1, 0.15) is 60.8 Å². The SMILES string of the molecule is C=C(/C=C\C(=C/C)C1=CC(=C)c2cc(C)cc(C(C)Nc3ccccc3C(=O)O)c2O1)OC(C)C. The maximum atomic E-state index is 11.7. The Balaban J connectivity index is 1.95. The molecule has 5 nitrogen and oxygen atoms in total. The Kier molecular flexibility index (Phi) is 8.02. The molecule has 0 saturated heterocycles. The van der Waals surface area contributed by atoms with Gasteiger partial charge >= 0.3 is 5.97 Å². The molecule has 35 heavy (non-hydrogen) atoms. The highest BCUT2D eigenvalue weighted by molar-refractivity contribution is 5.94. The summed E-state index contributed by atoms with van der Waals surface area (Å²) in [7, 11) is 0. The molecule has 2 aromatic rings. The quantitative estimate of drug-likeness (QED) is 0.291. The first-order valence-electron chi connectivity index (χ1n) is 11.6. The van der Waals surface area contributed by atoms with Crippen LogP contribution in [-0.4, -0.2) is 17.2 Å². The van der Waals surface area contributed by atoms with Gasteiger partial charge in [0.15, 0.2) is 0 Å². The van der Waals surface area contributed by atoms with Gasteiger partial charge in [-0.3, -0.25) is 0 Å². The summed E-state index contributed by atoms with van der Waals surface area (Å²) in [6.45, 7) is 18.1. The van der Waals surface area contributed by atoms with Crippen molar-refractivity contribution in [2.24, 2.45) is 0 Å². The van der Waals surface area contributed by atoms with Crippen LogP contribution in [0.15, 0.2) is 91.0 Å². The number of aryl methyl sites for hydroxylation is 1. The third-order valence-corrected chi connectivity index (χ3v) is 5.55. The summed E-state index contributed by atoms with van der Waals surface area (Å²) in [4.78, 5) is 11.7. The molecule has 182 valence electrons. The monoisotopic (exact) mass is 471 g/mol. The highest BCUT2D eigenvalue weighted by atomic mass is 16.5. The molecule has 2 aromatic carbocycles. The topological polar surface area (TPSA) is 67.8 Å². The van der Waals surface area contributed by atoms with E-state index in [0.717, 1.165) is 27.8 Å². The number of rotatable bonds is 9. The predicted octanol–water partition coefficient (Wildman–Crippen LogP) is 7.60. The second-order valence-corrected chi connectivity index (χ2v) is 8.79. The van der Waals surface area contributed by atoms with Crippen molar-refractivity contribution in [3.05, 3.63) is 113 Å². The van der Waals surface area contributed by atoms with Crippen molar-refractivity contribution in [2.75, 3.05) is 5.32 Å². The number of hydrogen-bond acceptors (Lipinski definition) is 4.